The molecule has 0 atom stereocenters. The normalized spacial score (nSPS) is 11.0. The van der Waals surface area contributed by atoms with Crippen LogP contribution < -0.4 is 5.73 Å². The molecule has 1 heterocycles. The molecule has 1 aromatic heterocycles. The second kappa shape index (κ2) is 9.17. The van der Waals surface area contributed by atoms with E-state index in [4.69, 9.17) is 27.1 Å². The molecule has 146 valence electrons. The van der Waals surface area contributed by atoms with Gasteiger partial charge in [0.15, 0.2) is 6.61 Å². The molecule has 28 heavy (non-hydrogen) atoms. The standard InChI is InChI=1S/C21H22ClN3O2S/c1-14(2)19-20(28-17-10-6-9-16(22)11-17)25(12-15-7-4-3-5-8-15)18(24-19)13-27-21(23)26/h3-11,14H,12-13H2,1-2H3,(H2,23,26). The Kier molecular flexibility index (Phi) is 6.65. The molecule has 0 aliphatic heterocycles. The molecule has 2 N–H and O–H groups in total. The van der Waals surface area contributed by atoms with E-state index in [0.717, 1.165) is 21.2 Å². The minimum atomic E-state index is -0.815. The molecule has 0 aliphatic rings. The number of ether oxygens (including phenoxy) is 1. The van der Waals surface area contributed by atoms with Gasteiger partial charge in [0.1, 0.15) is 10.9 Å². The zero-order chi connectivity index (χ0) is 20.1. The Morgan fingerprint density at radius 2 is 1.96 bits per heavy atom. The van der Waals surface area contributed by atoms with Gasteiger partial charge in [0, 0.05) is 16.5 Å². The van der Waals surface area contributed by atoms with Crippen molar-refractivity contribution in [2.24, 2.45) is 5.73 Å². The van der Waals surface area contributed by atoms with E-state index in [1.807, 2.05) is 42.5 Å². The number of carbonyl (C=O) groups is 1. The number of carbonyl (C=O) groups excluding carboxylic acids is 1. The molecule has 0 saturated carbocycles. The van der Waals surface area contributed by atoms with Gasteiger partial charge < -0.3 is 15.0 Å². The SMILES string of the molecule is CC(C)c1nc(COC(N)=O)n(Cc2ccccc2)c1Sc1cccc(Cl)c1. The number of aromatic nitrogens is 2. The van der Waals surface area contributed by atoms with E-state index in [2.05, 4.69) is 30.5 Å². The van der Waals surface area contributed by atoms with Crippen molar-refractivity contribution in [3.05, 3.63) is 76.7 Å². The summed E-state index contributed by atoms with van der Waals surface area (Å²) in [5.74, 6) is 0.863. The number of imidazole rings is 1. The van der Waals surface area contributed by atoms with Gasteiger partial charge in [0.2, 0.25) is 0 Å². The summed E-state index contributed by atoms with van der Waals surface area (Å²) in [4.78, 5) is 16.9. The summed E-state index contributed by atoms with van der Waals surface area (Å²) in [5, 5.41) is 1.69. The molecule has 0 unspecified atom stereocenters. The van der Waals surface area contributed by atoms with Crippen LogP contribution in [-0.2, 0) is 17.9 Å². The van der Waals surface area contributed by atoms with Crippen LogP contribution in [0.2, 0.25) is 5.02 Å². The first kappa shape index (κ1) is 20.3. The molecule has 3 aromatic rings. The predicted molar refractivity (Wildman–Crippen MR) is 112 cm³/mol. The van der Waals surface area contributed by atoms with Gasteiger partial charge in [-0.3, -0.25) is 0 Å². The molecule has 0 bridgehead atoms. The number of halogens is 1. The quantitative estimate of drug-likeness (QED) is 0.556. The van der Waals surface area contributed by atoms with Crippen molar-refractivity contribution < 1.29 is 9.53 Å². The van der Waals surface area contributed by atoms with E-state index in [0.29, 0.717) is 17.4 Å². The average molecular weight is 416 g/mol. The third-order valence-corrected chi connectivity index (χ3v) is 5.46. The first-order valence-electron chi connectivity index (χ1n) is 8.93. The number of hydrogen-bond acceptors (Lipinski definition) is 4. The monoisotopic (exact) mass is 415 g/mol. The van der Waals surface area contributed by atoms with E-state index < -0.39 is 6.09 Å². The highest BCUT2D eigenvalue weighted by Gasteiger charge is 2.21. The third-order valence-electron chi connectivity index (χ3n) is 4.11. The summed E-state index contributed by atoms with van der Waals surface area (Å²) >= 11 is 7.77. The van der Waals surface area contributed by atoms with Crippen molar-refractivity contribution >= 4 is 29.5 Å². The Hall–Kier alpha value is -2.44. The lowest BCUT2D eigenvalue weighted by molar-refractivity contribution is 0.145. The molecule has 0 fully saturated rings. The molecule has 0 saturated heterocycles. The maximum absolute atomic E-state index is 11.1. The smallest absolute Gasteiger partial charge is 0.404 e. The molecule has 0 aliphatic carbocycles. The lowest BCUT2D eigenvalue weighted by Gasteiger charge is -2.13. The molecular formula is C21H22ClN3O2S. The molecule has 0 spiro atoms. The van der Waals surface area contributed by atoms with Crippen LogP contribution in [0.3, 0.4) is 0 Å². The van der Waals surface area contributed by atoms with E-state index >= 15 is 0 Å². The lowest BCUT2D eigenvalue weighted by Crippen LogP contribution is -2.15. The fraction of sp³-hybridized carbons (Fsp3) is 0.238. The molecule has 2 aromatic carbocycles. The first-order chi connectivity index (χ1) is 13.4. The topological polar surface area (TPSA) is 70.1 Å². The van der Waals surface area contributed by atoms with Gasteiger partial charge >= 0.3 is 6.09 Å². The summed E-state index contributed by atoms with van der Waals surface area (Å²) < 4.78 is 7.13. The maximum atomic E-state index is 11.1. The molecule has 0 radical (unpaired) electrons. The largest absolute Gasteiger partial charge is 0.442 e. The van der Waals surface area contributed by atoms with Gasteiger partial charge in [-0.15, -0.1) is 0 Å². The Labute approximate surface area is 173 Å². The number of nitrogens with two attached hydrogens (primary N) is 1. The van der Waals surface area contributed by atoms with Gasteiger partial charge in [0.25, 0.3) is 0 Å². The van der Waals surface area contributed by atoms with Crippen molar-refractivity contribution in [2.45, 2.75) is 42.8 Å². The zero-order valence-corrected chi connectivity index (χ0v) is 17.3. The molecule has 1 amide bonds. The number of amides is 1. The highest BCUT2D eigenvalue weighted by atomic mass is 35.5. The Morgan fingerprint density at radius 3 is 2.61 bits per heavy atom. The highest BCUT2D eigenvalue weighted by Crippen LogP contribution is 2.36. The average Bonchev–Trinajstić information content (AvgIpc) is 2.98. The summed E-state index contributed by atoms with van der Waals surface area (Å²) in [6, 6.07) is 17.8. The summed E-state index contributed by atoms with van der Waals surface area (Å²) in [5.41, 5.74) is 7.25. The van der Waals surface area contributed by atoms with E-state index in [1.165, 1.54) is 0 Å². The molecule has 5 nitrogen and oxygen atoms in total. The van der Waals surface area contributed by atoms with Gasteiger partial charge in [-0.2, -0.15) is 0 Å². The van der Waals surface area contributed by atoms with Gasteiger partial charge in [-0.25, -0.2) is 9.78 Å². The number of benzene rings is 2. The van der Waals surface area contributed by atoms with Crippen LogP contribution in [0.1, 0.15) is 36.8 Å². The van der Waals surface area contributed by atoms with Gasteiger partial charge in [-0.05, 0) is 29.7 Å². The third kappa shape index (κ3) is 5.09. The van der Waals surface area contributed by atoms with Crippen LogP contribution in [0.4, 0.5) is 4.79 Å². The first-order valence-corrected chi connectivity index (χ1v) is 10.1. The van der Waals surface area contributed by atoms with E-state index in [1.54, 1.807) is 11.8 Å². The van der Waals surface area contributed by atoms with Crippen LogP contribution in [0.15, 0.2) is 64.5 Å². The number of nitrogens with zero attached hydrogens (tertiary/aromatic N) is 2. The van der Waals surface area contributed by atoms with Crippen LogP contribution >= 0.6 is 23.4 Å². The fourth-order valence-corrected chi connectivity index (χ4v) is 4.28. The summed E-state index contributed by atoms with van der Waals surface area (Å²) in [6.07, 6.45) is -0.815. The number of rotatable bonds is 7. The maximum Gasteiger partial charge on any atom is 0.404 e. The Bertz CT molecular complexity index is 958. The predicted octanol–water partition coefficient (Wildman–Crippen LogP) is 5.45. The fourth-order valence-electron chi connectivity index (χ4n) is 2.80. The highest BCUT2D eigenvalue weighted by molar-refractivity contribution is 7.99. The Morgan fingerprint density at radius 1 is 1.21 bits per heavy atom. The van der Waals surface area contributed by atoms with Crippen LogP contribution in [0, 0.1) is 0 Å². The van der Waals surface area contributed by atoms with Gasteiger partial charge in [0.05, 0.1) is 5.69 Å². The van der Waals surface area contributed by atoms with Crippen LogP contribution in [-0.4, -0.2) is 15.6 Å². The minimum Gasteiger partial charge on any atom is -0.442 e. The lowest BCUT2D eigenvalue weighted by atomic mass is 10.1. The van der Waals surface area contributed by atoms with Crippen LogP contribution in [0.25, 0.3) is 0 Å². The van der Waals surface area contributed by atoms with Crippen LogP contribution in [0.5, 0.6) is 0 Å². The van der Waals surface area contributed by atoms with Crippen molar-refractivity contribution in [3.8, 4) is 0 Å². The second-order valence-electron chi connectivity index (χ2n) is 6.61. The molecule has 7 heteroatoms. The van der Waals surface area contributed by atoms with E-state index in [9.17, 15) is 4.79 Å². The van der Waals surface area contributed by atoms with Gasteiger partial charge in [-0.1, -0.05) is 73.6 Å². The summed E-state index contributed by atoms with van der Waals surface area (Å²) in [7, 11) is 0. The summed E-state index contributed by atoms with van der Waals surface area (Å²) in [6.45, 7) is 4.82. The Balaban J connectivity index is 2.06. The number of hydrogen-bond donors (Lipinski definition) is 1. The van der Waals surface area contributed by atoms with Crippen molar-refractivity contribution in [3.63, 3.8) is 0 Å². The molecule has 3 rings (SSSR count). The number of primary amides is 1. The zero-order valence-electron chi connectivity index (χ0n) is 15.8. The van der Waals surface area contributed by atoms with Crippen molar-refractivity contribution in [1.29, 1.82) is 0 Å². The second-order valence-corrected chi connectivity index (χ2v) is 8.11. The van der Waals surface area contributed by atoms with E-state index in [-0.39, 0.29) is 12.5 Å². The molecular weight excluding hydrogens is 394 g/mol. The minimum absolute atomic E-state index is 0.0258. The van der Waals surface area contributed by atoms with Crippen molar-refractivity contribution in [2.75, 3.05) is 0 Å². The van der Waals surface area contributed by atoms with Crippen molar-refractivity contribution in [1.82, 2.24) is 9.55 Å².